The maximum Gasteiger partial charge on any atom is 0.120 e. The van der Waals surface area contributed by atoms with Crippen LogP contribution in [0.25, 0.3) is 10.9 Å². The van der Waals surface area contributed by atoms with Crippen LogP contribution in [0.15, 0.2) is 42.6 Å². The van der Waals surface area contributed by atoms with Crippen molar-refractivity contribution in [2.75, 3.05) is 11.9 Å². The summed E-state index contributed by atoms with van der Waals surface area (Å²) in [6.45, 7) is 4.46. The lowest BCUT2D eigenvalue weighted by atomic mass is 10.1. The van der Waals surface area contributed by atoms with E-state index in [1.807, 2.05) is 50.2 Å². The lowest BCUT2D eigenvalue weighted by Gasteiger charge is -2.13. The summed E-state index contributed by atoms with van der Waals surface area (Å²) in [5.41, 5.74) is 3.77. The van der Waals surface area contributed by atoms with Gasteiger partial charge in [0.25, 0.3) is 0 Å². The van der Waals surface area contributed by atoms with Gasteiger partial charge in [0.05, 0.1) is 23.4 Å². The molecular formula is C19H17Cl2N3O. The number of fused-ring (bicyclic) bond motifs is 1. The van der Waals surface area contributed by atoms with Crippen LogP contribution in [0, 0.1) is 18.3 Å². The second-order valence-electron chi connectivity index (χ2n) is 5.36. The number of pyridine rings is 1. The van der Waals surface area contributed by atoms with Gasteiger partial charge in [-0.2, -0.15) is 5.26 Å². The fourth-order valence-corrected chi connectivity index (χ4v) is 2.64. The van der Waals surface area contributed by atoms with E-state index in [0.29, 0.717) is 22.9 Å². The van der Waals surface area contributed by atoms with Crippen LogP contribution in [0.5, 0.6) is 5.75 Å². The highest BCUT2D eigenvalue weighted by Crippen LogP contribution is 2.32. The smallest absolute Gasteiger partial charge is 0.120 e. The number of nitrogens with one attached hydrogen (secondary N) is 1. The first-order valence-corrected chi connectivity index (χ1v) is 7.99. The fraction of sp³-hybridized carbons (Fsp3) is 0.158. The van der Waals surface area contributed by atoms with Gasteiger partial charge in [0.2, 0.25) is 0 Å². The third-order valence-electron chi connectivity index (χ3n) is 3.71. The minimum atomic E-state index is 0. The molecule has 3 aromatic rings. The van der Waals surface area contributed by atoms with Gasteiger partial charge < -0.3 is 10.1 Å². The van der Waals surface area contributed by atoms with Crippen LogP contribution in [-0.4, -0.2) is 11.6 Å². The topological polar surface area (TPSA) is 57.9 Å². The monoisotopic (exact) mass is 373 g/mol. The van der Waals surface area contributed by atoms with E-state index >= 15 is 0 Å². The third-order valence-corrected chi connectivity index (χ3v) is 4.12. The van der Waals surface area contributed by atoms with Crippen molar-refractivity contribution in [2.45, 2.75) is 13.8 Å². The second-order valence-corrected chi connectivity index (χ2v) is 5.77. The SMILES string of the molecule is CCOc1ccc2ncc(C#N)c(Nc3ccc(C)c(Cl)c3)c2c1.Cl. The van der Waals surface area contributed by atoms with Crippen molar-refractivity contribution in [1.29, 1.82) is 5.26 Å². The Balaban J connectivity index is 0.00000225. The fourth-order valence-electron chi connectivity index (χ4n) is 2.46. The van der Waals surface area contributed by atoms with Crippen molar-refractivity contribution >= 4 is 46.3 Å². The molecule has 0 aliphatic carbocycles. The number of hydrogen-bond donors (Lipinski definition) is 1. The van der Waals surface area contributed by atoms with E-state index in [0.717, 1.165) is 27.9 Å². The Morgan fingerprint density at radius 3 is 2.72 bits per heavy atom. The second kappa shape index (κ2) is 8.06. The number of nitrogens with zero attached hydrogens (tertiary/aromatic N) is 2. The lowest BCUT2D eigenvalue weighted by Crippen LogP contribution is -1.98. The van der Waals surface area contributed by atoms with E-state index in [9.17, 15) is 5.26 Å². The average molecular weight is 374 g/mol. The molecule has 0 amide bonds. The Morgan fingerprint density at radius 1 is 1.24 bits per heavy atom. The van der Waals surface area contributed by atoms with Crippen LogP contribution in [-0.2, 0) is 0 Å². The summed E-state index contributed by atoms with van der Waals surface area (Å²) in [4.78, 5) is 4.34. The number of nitriles is 1. The van der Waals surface area contributed by atoms with Gasteiger partial charge in [-0.1, -0.05) is 17.7 Å². The molecule has 25 heavy (non-hydrogen) atoms. The van der Waals surface area contributed by atoms with E-state index < -0.39 is 0 Å². The summed E-state index contributed by atoms with van der Waals surface area (Å²) >= 11 is 6.20. The Labute approximate surface area is 157 Å². The largest absolute Gasteiger partial charge is 0.494 e. The molecule has 0 aliphatic rings. The van der Waals surface area contributed by atoms with E-state index in [4.69, 9.17) is 16.3 Å². The van der Waals surface area contributed by atoms with Crippen molar-refractivity contribution in [1.82, 2.24) is 4.98 Å². The summed E-state index contributed by atoms with van der Waals surface area (Å²) < 4.78 is 5.57. The molecule has 0 saturated carbocycles. The zero-order valence-corrected chi connectivity index (χ0v) is 15.4. The normalized spacial score (nSPS) is 10.0. The van der Waals surface area contributed by atoms with Crippen LogP contribution in [0.2, 0.25) is 5.02 Å². The Morgan fingerprint density at radius 2 is 2.04 bits per heavy atom. The van der Waals surface area contributed by atoms with Gasteiger partial charge in [0, 0.05) is 22.3 Å². The van der Waals surface area contributed by atoms with Crippen LogP contribution in [0.4, 0.5) is 11.4 Å². The molecule has 1 heterocycles. The Hall–Kier alpha value is -2.48. The van der Waals surface area contributed by atoms with E-state index in [1.54, 1.807) is 6.20 Å². The highest BCUT2D eigenvalue weighted by Gasteiger charge is 2.11. The van der Waals surface area contributed by atoms with Gasteiger partial charge >= 0.3 is 0 Å². The van der Waals surface area contributed by atoms with Crippen LogP contribution < -0.4 is 10.1 Å². The van der Waals surface area contributed by atoms with E-state index in [1.165, 1.54) is 0 Å². The van der Waals surface area contributed by atoms with Gasteiger partial charge in [-0.3, -0.25) is 4.98 Å². The maximum atomic E-state index is 9.44. The molecule has 0 unspecified atom stereocenters. The molecule has 1 aromatic heterocycles. The van der Waals surface area contributed by atoms with Gasteiger partial charge in [0.15, 0.2) is 0 Å². The molecule has 128 valence electrons. The molecule has 0 spiro atoms. The molecule has 6 heteroatoms. The standard InChI is InChI=1S/C19H16ClN3O.ClH/c1-3-24-15-6-7-18-16(9-15)19(13(10-21)11-22-18)23-14-5-4-12(2)17(20)8-14;/h4-9,11H,3H2,1-2H3,(H,22,23);1H. The first kappa shape index (κ1) is 18.9. The molecule has 0 fully saturated rings. The van der Waals surface area contributed by atoms with Crippen molar-refractivity contribution in [3.63, 3.8) is 0 Å². The number of rotatable bonds is 4. The summed E-state index contributed by atoms with van der Waals surface area (Å²) in [7, 11) is 0. The summed E-state index contributed by atoms with van der Waals surface area (Å²) in [6.07, 6.45) is 1.57. The molecule has 3 rings (SSSR count). The Kier molecular flexibility index (Phi) is 6.08. The molecule has 4 nitrogen and oxygen atoms in total. The predicted molar refractivity (Wildman–Crippen MR) is 104 cm³/mol. The average Bonchev–Trinajstić information content (AvgIpc) is 2.59. The lowest BCUT2D eigenvalue weighted by molar-refractivity contribution is 0.340. The third kappa shape index (κ3) is 3.96. The number of aryl methyl sites for hydroxylation is 1. The van der Waals surface area contributed by atoms with E-state index in [2.05, 4.69) is 16.4 Å². The molecular weight excluding hydrogens is 357 g/mol. The van der Waals surface area contributed by atoms with Gasteiger partial charge in [0.1, 0.15) is 11.8 Å². The zero-order valence-electron chi connectivity index (χ0n) is 13.8. The Bertz CT molecular complexity index is 951. The van der Waals surface area contributed by atoms with Gasteiger partial charge in [-0.25, -0.2) is 0 Å². The number of aromatic nitrogens is 1. The summed E-state index contributed by atoms with van der Waals surface area (Å²) in [5.74, 6) is 0.742. The van der Waals surface area contributed by atoms with Crippen LogP contribution in [0.3, 0.4) is 0 Å². The zero-order chi connectivity index (χ0) is 17.1. The number of anilines is 2. The summed E-state index contributed by atoms with van der Waals surface area (Å²) in [5, 5.41) is 14.2. The highest BCUT2D eigenvalue weighted by molar-refractivity contribution is 6.31. The predicted octanol–water partition coefficient (Wildman–Crippen LogP) is 5.63. The van der Waals surface area contributed by atoms with E-state index in [-0.39, 0.29) is 12.4 Å². The number of hydrogen-bond acceptors (Lipinski definition) is 4. The first-order chi connectivity index (χ1) is 11.6. The molecule has 0 aliphatic heterocycles. The van der Waals surface area contributed by atoms with Gasteiger partial charge in [-0.05, 0) is 49.7 Å². The minimum Gasteiger partial charge on any atom is -0.494 e. The van der Waals surface area contributed by atoms with Crippen molar-refractivity contribution in [3.05, 3.63) is 58.7 Å². The first-order valence-electron chi connectivity index (χ1n) is 7.61. The molecule has 0 atom stereocenters. The molecule has 1 N–H and O–H groups in total. The van der Waals surface area contributed by atoms with Crippen molar-refractivity contribution < 1.29 is 4.74 Å². The molecule has 0 saturated heterocycles. The maximum absolute atomic E-state index is 9.44. The van der Waals surface area contributed by atoms with Crippen LogP contribution >= 0.6 is 24.0 Å². The molecule has 2 aromatic carbocycles. The minimum absolute atomic E-state index is 0. The van der Waals surface area contributed by atoms with Crippen molar-refractivity contribution in [3.8, 4) is 11.8 Å². The number of benzene rings is 2. The van der Waals surface area contributed by atoms with Crippen molar-refractivity contribution in [2.24, 2.45) is 0 Å². The highest BCUT2D eigenvalue weighted by atomic mass is 35.5. The summed E-state index contributed by atoms with van der Waals surface area (Å²) in [6, 6.07) is 13.5. The van der Waals surface area contributed by atoms with Gasteiger partial charge in [-0.15, -0.1) is 12.4 Å². The molecule has 0 bridgehead atoms. The number of halogens is 2. The molecule has 0 radical (unpaired) electrons. The number of ether oxygens (including phenoxy) is 1. The van der Waals surface area contributed by atoms with Crippen LogP contribution in [0.1, 0.15) is 18.1 Å². The quantitative estimate of drug-likeness (QED) is 0.643.